The van der Waals surface area contributed by atoms with E-state index in [0.717, 1.165) is 11.1 Å². The Morgan fingerprint density at radius 2 is 2.06 bits per heavy atom. The van der Waals surface area contributed by atoms with Crippen LogP contribution in [-0.2, 0) is 6.54 Å². The lowest BCUT2D eigenvalue weighted by atomic mass is 10.1. The van der Waals surface area contributed by atoms with Crippen molar-refractivity contribution >= 4 is 0 Å². The second-order valence-electron chi connectivity index (χ2n) is 3.71. The van der Waals surface area contributed by atoms with E-state index >= 15 is 0 Å². The number of benzene rings is 1. The number of hydrogen-bond donors (Lipinski definition) is 1. The summed E-state index contributed by atoms with van der Waals surface area (Å²) in [4.78, 5) is 0. The Bertz CT molecular complexity index is 551. The van der Waals surface area contributed by atoms with Crippen LogP contribution in [0.5, 0.6) is 0 Å². The van der Waals surface area contributed by atoms with Crippen LogP contribution in [0.1, 0.15) is 11.3 Å². The molecule has 0 aliphatic heterocycles. The van der Waals surface area contributed by atoms with Crippen LogP contribution in [0.15, 0.2) is 24.3 Å². The first-order valence-electron chi connectivity index (χ1n) is 5.27. The van der Waals surface area contributed by atoms with Crippen molar-refractivity contribution in [1.82, 2.24) is 15.0 Å². The number of hydrogen-bond acceptors (Lipinski definition) is 4. The van der Waals surface area contributed by atoms with Gasteiger partial charge < -0.3 is 5.11 Å². The topological polar surface area (TPSA) is 74.7 Å². The lowest BCUT2D eigenvalue weighted by molar-refractivity contribution is 0.269. The third-order valence-corrected chi connectivity index (χ3v) is 2.48. The smallest absolute Gasteiger partial charge is 0.190 e. The molecule has 0 aliphatic rings. The zero-order valence-corrected chi connectivity index (χ0v) is 9.46. The average Bonchev–Trinajstić information content (AvgIpc) is 2.74. The van der Waals surface area contributed by atoms with Gasteiger partial charge in [0.2, 0.25) is 0 Å². The predicted octanol–water partition coefficient (Wildman–Crippen LogP) is 1.12. The third kappa shape index (κ3) is 2.17. The Balaban J connectivity index is 2.52. The molecule has 0 saturated heterocycles. The van der Waals surface area contributed by atoms with Gasteiger partial charge in [0.05, 0.1) is 13.2 Å². The maximum atomic E-state index is 8.99. The maximum absolute atomic E-state index is 8.99. The van der Waals surface area contributed by atoms with Gasteiger partial charge in [-0.3, -0.25) is 0 Å². The SMILES string of the molecule is Cc1ccc(-c2c(C#N)nnn2CCO)cc1. The minimum absolute atomic E-state index is 0.0346. The Morgan fingerprint density at radius 1 is 1.35 bits per heavy atom. The molecule has 1 aromatic heterocycles. The standard InChI is InChI=1S/C12H12N4O/c1-9-2-4-10(5-3-9)12-11(8-13)14-15-16(12)6-7-17/h2-5,17H,6-7H2,1H3. The summed E-state index contributed by atoms with van der Waals surface area (Å²) in [5.41, 5.74) is 2.96. The largest absolute Gasteiger partial charge is 0.394 e. The van der Waals surface area contributed by atoms with Crippen molar-refractivity contribution in [2.75, 3.05) is 6.61 Å². The fraction of sp³-hybridized carbons (Fsp3) is 0.250. The molecule has 0 saturated carbocycles. The van der Waals surface area contributed by atoms with Crippen LogP contribution >= 0.6 is 0 Å². The van der Waals surface area contributed by atoms with Crippen molar-refractivity contribution in [1.29, 1.82) is 5.26 Å². The Morgan fingerprint density at radius 3 is 2.65 bits per heavy atom. The third-order valence-electron chi connectivity index (χ3n) is 2.48. The van der Waals surface area contributed by atoms with Gasteiger partial charge >= 0.3 is 0 Å². The summed E-state index contributed by atoms with van der Waals surface area (Å²) >= 11 is 0. The summed E-state index contributed by atoms with van der Waals surface area (Å²) in [6, 6.07) is 9.78. The number of aliphatic hydroxyl groups excluding tert-OH is 1. The number of aryl methyl sites for hydroxylation is 1. The number of nitrogens with zero attached hydrogens (tertiary/aromatic N) is 4. The molecular weight excluding hydrogens is 216 g/mol. The summed E-state index contributed by atoms with van der Waals surface area (Å²) in [6.45, 7) is 2.29. The zero-order chi connectivity index (χ0) is 12.3. The van der Waals surface area contributed by atoms with Gasteiger partial charge in [0.15, 0.2) is 5.69 Å². The molecule has 0 aliphatic carbocycles. The van der Waals surface area contributed by atoms with Crippen molar-refractivity contribution in [3.8, 4) is 17.3 Å². The summed E-state index contributed by atoms with van der Waals surface area (Å²) in [7, 11) is 0. The lowest BCUT2D eigenvalue weighted by Gasteiger charge is -2.05. The highest BCUT2D eigenvalue weighted by molar-refractivity contribution is 5.65. The van der Waals surface area contributed by atoms with Gasteiger partial charge in [-0.15, -0.1) is 5.10 Å². The van der Waals surface area contributed by atoms with Gasteiger partial charge in [0.1, 0.15) is 11.8 Å². The van der Waals surface area contributed by atoms with Gasteiger partial charge in [-0.05, 0) is 6.92 Å². The van der Waals surface area contributed by atoms with Crippen molar-refractivity contribution in [2.24, 2.45) is 0 Å². The Hall–Kier alpha value is -2.19. The Labute approximate surface area is 98.9 Å². The highest BCUT2D eigenvalue weighted by Gasteiger charge is 2.13. The van der Waals surface area contributed by atoms with E-state index in [0.29, 0.717) is 12.2 Å². The van der Waals surface area contributed by atoms with E-state index in [1.807, 2.05) is 37.3 Å². The lowest BCUT2D eigenvalue weighted by Crippen LogP contribution is -2.06. The monoisotopic (exact) mass is 228 g/mol. The summed E-state index contributed by atoms with van der Waals surface area (Å²) in [5, 5.41) is 25.6. The maximum Gasteiger partial charge on any atom is 0.190 e. The second-order valence-corrected chi connectivity index (χ2v) is 3.71. The van der Waals surface area contributed by atoms with E-state index in [9.17, 15) is 0 Å². The van der Waals surface area contributed by atoms with E-state index in [-0.39, 0.29) is 12.3 Å². The van der Waals surface area contributed by atoms with Crippen LogP contribution in [0.2, 0.25) is 0 Å². The molecule has 17 heavy (non-hydrogen) atoms. The molecule has 0 atom stereocenters. The minimum Gasteiger partial charge on any atom is -0.394 e. The highest BCUT2D eigenvalue weighted by atomic mass is 16.3. The van der Waals surface area contributed by atoms with Crippen LogP contribution in [0.3, 0.4) is 0 Å². The first-order valence-corrected chi connectivity index (χ1v) is 5.27. The zero-order valence-electron chi connectivity index (χ0n) is 9.46. The van der Waals surface area contributed by atoms with Crippen molar-refractivity contribution in [3.05, 3.63) is 35.5 Å². The van der Waals surface area contributed by atoms with Crippen molar-refractivity contribution in [3.63, 3.8) is 0 Å². The van der Waals surface area contributed by atoms with Gasteiger partial charge in [0.25, 0.3) is 0 Å². The average molecular weight is 228 g/mol. The molecule has 86 valence electrons. The minimum atomic E-state index is -0.0346. The highest BCUT2D eigenvalue weighted by Crippen LogP contribution is 2.22. The van der Waals surface area contributed by atoms with Gasteiger partial charge in [-0.2, -0.15) is 5.26 Å². The molecule has 0 fully saturated rings. The molecule has 0 radical (unpaired) electrons. The number of nitriles is 1. The van der Waals surface area contributed by atoms with Crippen LogP contribution in [0.4, 0.5) is 0 Å². The summed E-state index contributed by atoms with van der Waals surface area (Å²) < 4.78 is 1.54. The molecule has 0 bridgehead atoms. The van der Waals surface area contributed by atoms with Gasteiger partial charge in [-0.25, -0.2) is 4.68 Å². The molecule has 1 N–H and O–H groups in total. The molecule has 2 rings (SSSR count). The number of rotatable bonds is 3. The van der Waals surface area contributed by atoms with E-state index < -0.39 is 0 Å². The molecule has 2 aromatic rings. The van der Waals surface area contributed by atoms with Crippen LogP contribution in [-0.4, -0.2) is 26.7 Å². The summed E-state index contributed by atoms with van der Waals surface area (Å²) in [5.74, 6) is 0. The van der Waals surface area contributed by atoms with Crippen molar-refractivity contribution < 1.29 is 5.11 Å². The summed E-state index contributed by atoms with van der Waals surface area (Å²) in [6.07, 6.45) is 0. The first-order chi connectivity index (χ1) is 8.26. The fourth-order valence-electron chi connectivity index (χ4n) is 1.64. The van der Waals surface area contributed by atoms with E-state index in [1.165, 1.54) is 0 Å². The normalized spacial score (nSPS) is 10.2. The van der Waals surface area contributed by atoms with Gasteiger partial charge in [0, 0.05) is 5.56 Å². The van der Waals surface area contributed by atoms with Crippen LogP contribution in [0, 0.1) is 18.3 Å². The molecule has 1 aromatic carbocycles. The molecule has 5 heteroatoms. The predicted molar refractivity (Wildman–Crippen MR) is 62.0 cm³/mol. The number of aliphatic hydroxyl groups is 1. The second kappa shape index (κ2) is 4.76. The van der Waals surface area contributed by atoms with Gasteiger partial charge in [-0.1, -0.05) is 35.0 Å². The molecule has 5 nitrogen and oxygen atoms in total. The number of aromatic nitrogens is 3. The molecule has 0 spiro atoms. The van der Waals surface area contributed by atoms with E-state index in [1.54, 1.807) is 4.68 Å². The molecule has 1 heterocycles. The van der Waals surface area contributed by atoms with Crippen molar-refractivity contribution in [2.45, 2.75) is 13.5 Å². The fourth-order valence-corrected chi connectivity index (χ4v) is 1.64. The molecule has 0 amide bonds. The first kappa shape index (κ1) is 11.3. The van der Waals surface area contributed by atoms with E-state index in [2.05, 4.69) is 10.3 Å². The Kier molecular flexibility index (Phi) is 3.17. The van der Waals surface area contributed by atoms with Crippen LogP contribution in [0.25, 0.3) is 11.3 Å². The van der Waals surface area contributed by atoms with E-state index in [4.69, 9.17) is 10.4 Å². The molecular formula is C12H12N4O. The molecule has 0 unspecified atom stereocenters. The van der Waals surface area contributed by atoms with Crippen LogP contribution < -0.4 is 0 Å². The quantitative estimate of drug-likeness (QED) is 0.854.